The lowest BCUT2D eigenvalue weighted by Crippen LogP contribution is -2.38. The molecule has 0 saturated carbocycles. The third-order valence-electron chi connectivity index (χ3n) is 2.63. The third-order valence-corrected chi connectivity index (χ3v) is 4.72. The number of hydrogen-bond donors (Lipinski definition) is 2. The van der Waals surface area contributed by atoms with Gasteiger partial charge in [-0.15, -0.1) is 0 Å². The van der Waals surface area contributed by atoms with Crippen LogP contribution in [0.15, 0.2) is 30.3 Å². The first kappa shape index (κ1) is 13.4. The van der Waals surface area contributed by atoms with Gasteiger partial charge < -0.3 is 10.6 Å². The zero-order valence-electron chi connectivity index (χ0n) is 10.7. The van der Waals surface area contributed by atoms with Crippen molar-refractivity contribution < 1.29 is 0 Å². The fourth-order valence-corrected chi connectivity index (χ4v) is 3.74. The summed E-state index contributed by atoms with van der Waals surface area (Å²) in [6, 6.07) is 10.9. The normalized spacial score (nSPS) is 12.4. The van der Waals surface area contributed by atoms with Crippen molar-refractivity contribution >= 4 is 14.7 Å². The average molecular weight is 236 g/mol. The van der Waals surface area contributed by atoms with Crippen LogP contribution in [0.2, 0.25) is 5.04 Å². The Hall–Kier alpha value is -0.643. The SMILES string of the molecule is CCNCNCC(C)(C)[SiH2]c1ccccc1. The zero-order valence-corrected chi connectivity index (χ0v) is 12.1. The van der Waals surface area contributed by atoms with Crippen LogP contribution in [0.3, 0.4) is 0 Å². The predicted octanol–water partition coefficient (Wildman–Crippen LogP) is 0.836. The van der Waals surface area contributed by atoms with Gasteiger partial charge in [-0.25, -0.2) is 0 Å². The van der Waals surface area contributed by atoms with E-state index in [1.54, 1.807) is 5.19 Å². The van der Waals surface area contributed by atoms with Crippen molar-refractivity contribution in [3.8, 4) is 0 Å². The summed E-state index contributed by atoms with van der Waals surface area (Å²) >= 11 is 0. The van der Waals surface area contributed by atoms with Gasteiger partial charge in [-0.3, -0.25) is 0 Å². The Balaban J connectivity index is 2.33. The van der Waals surface area contributed by atoms with Crippen LogP contribution in [0.4, 0.5) is 0 Å². The van der Waals surface area contributed by atoms with Gasteiger partial charge in [0.1, 0.15) is 0 Å². The molecule has 2 N–H and O–H groups in total. The highest BCUT2D eigenvalue weighted by molar-refractivity contribution is 6.56. The van der Waals surface area contributed by atoms with Crippen LogP contribution in [-0.4, -0.2) is 29.3 Å². The summed E-state index contributed by atoms with van der Waals surface area (Å²) in [6.45, 7) is 9.91. The van der Waals surface area contributed by atoms with Gasteiger partial charge in [0.25, 0.3) is 0 Å². The molecule has 16 heavy (non-hydrogen) atoms. The summed E-state index contributed by atoms with van der Waals surface area (Å²) in [6.07, 6.45) is 0. The van der Waals surface area contributed by atoms with Crippen molar-refractivity contribution in [2.45, 2.75) is 25.8 Å². The monoisotopic (exact) mass is 236 g/mol. The highest BCUT2D eigenvalue weighted by Crippen LogP contribution is 2.19. The Bertz CT molecular complexity index is 285. The molecule has 0 radical (unpaired) electrons. The molecule has 0 spiro atoms. The van der Waals surface area contributed by atoms with Crippen molar-refractivity contribution in [3.05, 3.63) is 30.3 Å². The van der Waals surface area contributed by atoms with Crippen LogP contribution in [0.25, 0.3) is 0 Å². The van der Waals surface area contributed by atoms with E-state index in [1.807, 2.05) is 0 Å². The molecule has 0 aromatic heterocycles. The van der Waals surface area contributed by atoms with E-state index in [9.17, 15) is 0 Å². The molecule has 0 bridgehead atoms. The van der Waals surface area contributed by atoms with Gasteiger partial charge in [0, 0.05) is 6.67 Å². The second-order valence-electron chi connectivity index (χ2n) is 5.03. The van der Waals surface area contributed by atoms with Crippen LogP contribution < -0.4 is 15.8 Å². The van der Waals surface area contributed by atoms with E-state index in [4.69, 9.17) is 0 Å². The first-order valence-electron chi connectivity index (χ1n) is 6.09. The van der Waals surface area contributed by atoms with E-state index in [2.05, 4.69) is 61.7 Å². The number of rotatable bonds is 7. The second-order valence-corrected chi connectivity index (χ2v) is 8.12. The van der Waals surface area contributed by atoms with E-state index < -0.39 is 0 Å². The Kier molecular flexibility index (Phi) is 5.73. The standard InChI is InChI=1S/C13H24N2Si/c1-4-14-11-15-10-13(2,3)16-12-8-6-5-7-9-12/h5-9,14-15H,4,10-11,16H2,1-3H3. The minimum Gasteiger partial charge on any atom is -0.305 e. The molecule has 0 unspecified atom stereocenters. The van der Waals surface area contributed by atoms with Gasteiger partial charge in [-0.2, -0.15) is 0 Å². The maximum absolute atomic E-state index is 3.47. The summed E-state index contributed by atoms with van der Waals surface area (Å²) in [7, 11) is -0.208. The Morgan fingerprint density at radius 1 is 1.12 bits per heavy atom. The fraction of sp³-hybridized carbons (Fsp3) is 0.538. The number of nitrogens with one attached hydrogen (secondary N) is 2. The first-order chi connectivity index (χ1) is 7.64. The van der Waals surface area contributed by atoms with Gasteiger partial charge in [-0.05, 0) is 18.1 Å². The average Bonchev–Trinajstić information content (AvgIpc) is 2.25. The smallest absolute Gasteiger partial charge is 0.0617 e. The van der Waals surface area contributed by atoms with Crippen LogP contribution in [0, 0.1) is 0 Å². The lowest BCUT2D eigenvalue weighted by molar-refractivity contribution is 0.532. The lowest BCUT2D eigenvalue weighted by Gasteiger charge is -2.24. The molecule has 0 fully saturated rings. The molecule has 1 rings (SSSR count). The molecule has 90 valence electrons. The van der Waals surface area contributed by atoms with Gasteiger partial charge in [0.05, 0.1) is 9.52 Å². The minimum absolute atomic E-state index is 0.208. The van der Waals surface area contributed by atoms with Crippen molar-refractivity contribution in [1.29, 1.82) is 0 Å². The summed E-state index contributed by atoms with van der Waals surface area (Å²) in [5.74, 6) is 0. The molecule has 1 aromatic rings. The molecule has 1 aromatic carbocycles. The van der Waals surface area contributed by atoms with Crippen LogP contribution in [0.1, 0.15) is 20.8 Å². The molecule has 0 amide bonds. The molecule has 0 atom stereocenters. The third kappa shape index (κ3) is 5.44. The topological polar surface area (TPSA) is 24.1 Å². The molecule has 0 saturated heterocycles. The van der Waals surface area contributed by atoms with Crippen molar-refractivity contribution in [2.24, 2.45) is 0 Å². The molecule has 0 heterocycles. The molecule has 0 aliphatic rings. The maximum atomic E-state index is 3.47. The maximum Gasteiger partial charge on any atom is 0.0617 e. The highest BCUT2D eigenvalue weighted by Gasteiger charge is 2.18. The molecular formula is C13H24N2Si. The molecule has 0 aliphatic carbocycles. The van der Waals surface area contributed by atoms with E-state index in [0.29, 0.717) is 5.04 Å². The highest BCUT2D eigenvalue weighted by atomic mass is 28.2. The Morgan fingerprint density at radius 2 is 1.81 bits per heavy atom. The summed E-state index contributed by atoms with van der Waals surface area (Å²) in [5.41, 5.74) is 0. The summed E-state index contributed by atoms with van der Waals surface area (Å²) in [5, 5.41) is 8.75. The van der Waals surface area contributed by atoms with Crippen LogP contribution in [0.5, 0.6) is 0 Å². The fourth-order valence-electron chi connectivity index (χ4n) is 1.83. The van der Waals surface area contributed by atoms with Crippen LogP contribution >= 0.6 is 0 Å². The van der Waals surface area contributed by atoms with E-state index >= 15 is 0 Å². The summed E-state index contributed by atoms with van der Waals surface area (Å²) in [4.78, 5) is 0. The van der Waals surface area contributed by atoms with Crippen molar-refractivity contribution in [2.75, 3.05) is 19.8 Å². The van der Waals surface area contributed by atoms with Gasteiger partial charge in [-0.1, -0.05) is 56.3 Å². The largest absolute Gasteiger partial charge is 0.305 e. The Morgan fingerprint density at radius 3 is 2.44 bits per heavy atom. The van der Waals surface area contributed by atoms with E-state index in [0.717, 1.165) is 19.8 Å². The Labute approximate surface area is 102 Å². The van der Waals surface area contributed by atoms with E-state index in [-0.39, 0.29) is 9.52 Å². The number of hydrogen-bond acceptors (Lipinski definition) is 2. The molecular weight excluding hydrogens is 212 g/mol. The van der Waals surface area contributed by atoms with Crippen LogP contribution in [-0.2, 0) is 0 Å². The quantitative estimate of drug-likeness (QED) is 0.416. The minimum atomic E-state index is -0.208. The molecule has 3 heteroatoms. The molecule has 0 aliphatic heterocycles. The zero-order chi connectivity index (χ0) is 11.9. The van der Waals surface area contributed by atoms with Crippen molar-refractivity contribution in [1.82, 2.24) is 10.6 Å². The van der Waals surface area contributed by atoms with Crippen molar-refractivity contribution in [3.63, 3.8) is 0 Å². The molecule has 2 nitrogen and oxygen atoms in total. The summed E-state index contributed by atoms with van der Waals surface area (Å²) < 4.78 is 0. The lowest BCUT2D eigenvalue weighted by atomic mass is 10.2. The second kappa shape index (κ2) is 6.84. The first-order valence-corrected chi connectivity index (χ1v) is 7.51. The number of benzene rings is 1. The van der Waals surface area contributed by atoms with E-state index in [1.165, 1.54) is 0 Å². The van der Waals surface area contributed by atoms with Gasteiger partial charge in [0.15, 0.2) is 0 Å². The van der Waals surface area contributed by atoms with Gasteiger partial charge >= 0.3 is 0 Å². The predicted molar refractivity (Wildman–Crippen MR) is 75.2 cm³/mol. The van der Waals surface area contributed by atoms with Gasteiger partial charge in [0.2, 0.25) is 0 Å².